The molecule has 0 aliphatic carbocycles. The molecular weight excluding hydrogens is 226 g/mol. The van der Waals surface area contributed by atoms with Gasteiger partial charge in [-0.1, -0.05) is 18.2 Å². The van der Waals surface area contributed by atoms with E-state index in [2.05, 4.69) is 16.5 Å². The fourth-order valence-electron chi connectivity index (χ4n) is 1.82. The Morgan fingerprint density at radius 3 is 2.83 bits per heavy atom. The van der Waals surface area contributed by atoms with Crippen molar-refractivity contribution in [1.29, 1.82) is 0 Å². The molecule has 0 atom stereocenters. The molecule has 0 amide bonds. The molecule has 1 heterocycles. The van der Waals surface area contributed by atoms with Crippen molar-refractivity contribution in [1.82, 2.24) is 15.1 Å². The summed E-state index contributed by atoms with van der Waals surface area (Å²) in [5, 5.41) is 7.46. The number of aryl methyl sites for hydroxylation is 1. The Bertz CT molecular complexity index is 493. The average Bonchev–Trinajstić information content (AvgIpc) is 2.78. The Morgan fingerprint density at radius 2 is 2.11 bits per heavy atom. The molecule has 4 heteroatoms. The Kier molecular flexibility index (Phi) is 4.36. The molecule has 1 N–H and O–H groups in total. The molecule has 0 bridgehead atoms. The molecule has 0 aliphatic heterocycles. The van der Waals surface area contributed by atoms with Crippen LogP contribution in [0, 0.1) is 6.92 Å². The summed E-state index contributed by atoms with van der Waals surface area (Å²) in [5.74, 6) is 0.940. The maximum absolute atomic E-state index is 5.80. The zero-order valence-corrected chi connectivity index (χ0v) is 10.9. The minimum absolute atomic E-state index is 0.627. The number of ether oxygens (including phenoxy) is 1. The molecule has 2 rings (SSSR count). The topological polar surface area (TPSA) is 39.1 Å². The van der Waals surface area contributed by atoms with Crippen LogP contribution in [0.15, 0.2) is 36.5 Å². The van der Waals surface area contributed by atoms with Gasteiger partial charge in [0, 0.05) is 18.3 Å². The second-order valence-corrected chi connectivity index (χ2v) is 4.21. The third kappa shape index (κ3) is 3.34. The van der Waals surface area contributed by atoms with Gasteiger partial charge >= 0.3 is 0 Å². The lowest BCUT2D eigenvalue weighted by Crippen LogP contribution is -2.11. The van der Waals surface area contributed by atoms with E-state index < -0.39 is 0 Å². The maximum atomic E-state index is 5.80. The summed E-state index contributed by atoms with van der Waals surface area (Å²) in [6.07, 6.45) is 1.97. The Labute approximate surface area is 108 Å². The predicted molar refractivity (Wildman–Crippen MR) is 71.7 cm³/mol. The van der Waals surface area contributed by atoms with E-state index in [0.29, 0.717) is 6.61 Å². The van der Waals surface area contributed by atoms with Crippen LogP contribution in [0.25, 0.3) is 0 Å². The van der Waals surface area contributed by atoms with Gasteiger partial charge in [-0.2, -0.15) is 5.10 Å². The minimum atomic E-state index is 0.627. The molecule has 0 aliphatic rings. The highest BCUT2D eigenvalue weighted by atomic mass is 16.5. The standard InChI is InChI=1S/C14H19N3O/c1-12-7-8-17(16-12)9-10-18-14-6-4-3-5-13(14)11-15-2/h3-8,15H,9-11H2,1-2H3. The first-order valence-electron chi connectivity index (χ1n) is 6.15. The van der Waals surface area contributed by atoms with Gasteiger partial charge in [0.15, 0.2) is 0 Å². The number of aromatic nitrogens is 2. The third-order valence-electron chi connectivity index (χ3n) is 2.69. The minimum Gasteiger partial charge on any atom is -0.491 e. The first-order chi connectivity index (χ1) is 8.79. The number of hydrogen-bond acceptors (Lipinski definition) is 3. The monoisotopic (exact) mass is 245 g/mol. The highest BCUT2D eigenvalue weighted by Gasteiger charge is 2.02. The van der Waals surface area contributed by atoms with Crippen molar-refractivity contribution in [2.45, 2.75) is 20.0 Å². The first kappa shape index (κ1) is 12.6. The zero-order chi connectivity index (χ0) is 12.8. The normalized spacial score (nSPS) is 10.6. The highest BCUT2D eigenvalue weighted by molar-refractivity contribution is 5.33. The van der Waals surface area contributed by atoms with E-state index in [1.807, 2.05) is 49.1 Å². The Balaban J connectivity index is 1.89. The van der Waals surface area contributed by atoms with Crippen LogP contribution in [0.5, 0.6) is 5.75 Å². The fourth-order valence-corrected chi connectivity index (χ4v) is 1.82. The average molecular weight is 245 g/mol. The summed E-state index contributed by atoms with van der Waals surface area (Å²) in [4.78, 5) is 0. The van der Waals surface area contributed by atoms with Crippen molar-refractivity contribution in [3.63, 3.8) is 0 Å². The van der Waals surface area contributed by atoms with Crippen LogP contribution < -0.4 is 10.1 Å². The molecule has 0 radical (unpaired) electrons. The van der Waals surface area contributed by atoms with Crippen LogP contribution in [-0.4, -0.2) is 23.4 Å². The number of para-hydroxylation sites is 1. The summed E-state index contributed by atoms with van der Waals surface area (Å²) in [6.45, 7) is 4.19. The van der Waals surface area contributed by atoms with Crippen LogP contribution in [0.3, 0.4) is 0 Å². The lowest BCUT2D eigenvalue weighted by atomic mass is 10.2. The molecule has 0 saturated heterocycles. The predicted octanol–water partition coefficient (Wildman–Crippen LogP) is 1.99. The van der Waals surface area contributed by atoms with E-state index in [4.69, 9.17) is 4.74 Å². The summed E-state index contributed by atoms with van der Waals surface area (Å²) in [6, 6.07) is 10.1. The Morgan fingerprint density at radius 1 is 1.28 bits per heavy atom. The fraction of sp³-hybridized carbons (Fsp3) is 0.357. The molecule has 1 aromatic heterocycles. The molecule has 0 unspecified atom stereocenters. The van der Waals surface area contributed by atoms with Crippen molar-refractivity contribution in [2.24, 2.45) is 0 Å². The highest BCUT2D eigenvalue weighted by Crippen LogP contribution is 2.17. The second kappa shape index (κ2) is 6.21. The number of nitrogens with zero attached hydrogens (tertiary/aromatic N) is 2. The van der Waals surface area contributed by atoms with Crippen molar-refractivity contribution in [3.8, 4) is 5.75 Å². The lowest BCUT2D eigenvalue weighted by Gasteiger charge is -2.11. The molecular formula is C14H19N3O. The maximum Gasteiger partial charge on any atom is 0.123 e. The van der Waals surface area contributed by atoms with Gasteiger partial charge in [0.2, 0.25) is 0 Å². The van der Waals surface area contributed by atoms with Gasteiger partial charge in [0.1, 0.15) is 12.4 Å². The molecule has 0 saturated carbocycles. The van der Waals surface area contributed by atoms with E-state index in [1.54, 1.807) is 0 Å². The zero-order valence-electron chi connectivity index (χ0n) is 10.9. The van der Waals surface area contributed by atoms with Crippen LogP contribution in [-0.2, 0) is 13.1 Å². The second-order valence-electron chi connectivity index (χ2n) is 4.21. The lowest BCUT2D eigenvalue weighted by molar-refractivity contribution is 0.288. The largest absolute Gasteiger partial charge is 0.491 e. The number of rotatable bonds is 6. The van der Waals surface area contributed by atoms with Crippen LogP contribution in [0.4, 0.5) is 0 Å². The van der Waals surface area contributed by atoms with Gasteiger partial charge < -0.3 is 10.1 Å². The molecule has 0 fully saturated rings. The first-order valence-corrected chi connectivity index (χ1v) is 6.15. The summed E-state index contributed by atoms with van der Waals surface area (Å²) in [5.41, 5.74) is 2.21. The van der Waals surface area contributed by atoms with Crippen molar-refractivity contribution < 1.29 is 4.74 Å². The van der Waals surface area contributed by atoms with Gasteiger partial charge in [-0.15, -0.1) is 0 Å². The summed E-state index contributed by atoms with van der Waals surface area (Å²) >= 11 is 0. The van der Waals surface area contributed by atoms with E-state index in [9.17, 15) is 0 Å². The third-order valence-corrected chi connectivity index (χ3v) is 2.69. The molecule has 1 aromatic carbocycles. The van der Waals surface area contributed by atoms with Crippen LogP contribution in [0.2, 0.25) is 0 Å². The van der Waals surface area contributed by atoms with Gasteiger partial charge in [-0.25, -0.2) is 0 Å². The molecule has 0 spiro atoms. The number of benzene rings is 1. The molecule has 96 valence electrons. The molecule has 2 aromatic rings. The van der Waals surface area contributed by atoms with E-state index >= 15 is 0 Å². The van der Waals surface area contributed by atoms with Crippen LogP contribution >= 0.6 is 0 Å². The number of nitrogens with one attached hydrogen (secondary N) is 1. The van der Waals surface area contributed by atoms with E-state index in [1.165, 1.54) is 5.56 Å². The van der Waals surface area contributed by atoms with Gasteiger partial charge in [-0.3, -0.25) is 4.68 Å². The van der Waals surface area contributed by atoms with Gasteiger partial charge in [-0.05, 0) is 26.1 Å². The van der Waals surface area contributed by atoms with Crippen molar-refractivity contribution >= 4 is 0 Å². The van der Waals surface area contributed by atoms with E-state index in [-0.39, 0.29) is 0 Å². The quantitative estimate of drug-likeness (QED) is 0.846. The smallest absolute Gasteiger partial charge is 0.123 e. The molecule has 4 nitrogen and oxygen atoms in total. The Hall–Kier alpha value is -1.81. The molecule has 18 heavy (non-hydrogen) atoms. The van der Waals surface area contributed by atoms with E-state index in [0.717, 1.165) is 24.5 Å². The summed E-state index contributed by atoms with van der Waals surface area (Å²) in [7, 11) is 1.93. The van der Waals surface area contributed by atoms with Crippen molar-refractivity contribution in [3.05, 3.63) is 47.8 Å². The van der Waals surface area contributed by atoms with Gasteiger partial charge in [0.25, 0.3) is 0 Å². The van der Waals surface area contributed by atoms with Crippen molar-refractivity contribution in [2.75, 3.05) is 13.7 Å². The van der Waals surface area contributed by atoms with Crippen LogP contribution in [0.1, 0.15) is 11.3 Å². The van der Waals surface area contributed by atoms with Gasteiger partial charge in [0.05, 0.1) is 12.2 Å². The summed E-state index contributed by atoms with van der Waals surface area (Å²) < 4.78 is 7.70. The SMILES string of the molecule is CNCc1ccccc1OCCn1ccc(C)n1. The number of hydrogen-bond donors (Lipinski definition) is 1.